The van der Waals surface area contributed by atoms with Crippen molar-refractivity contribution in [3.05, 3.63) is 29.3 Å². The maximum Gasteiger partial charge on any atom is 0.417 e. The third-order valence-electron chi connectivity index (χ3n) is 3.63. The molecule has 0 N–H and O–H groups in total. The van der Waals surface area contributed by atoms with E-state index in [4.69, 9.17) is 10.00 Å². The summed E-state index contributed by atoms with van der Waals surface area (Å²) in [4.78, 5) is 0. The van der Waals surface area contributed by atoms with Crippen LogP contribution in [0.1, 0.15) is 43.2 Å². The predicted molar refractivity (Wildman–Crippen MR) is 68.2 cm³/mol. The summed E-state index contributed by atoms with van der Waals surface area (Å²) in [6.45, 7) is 0.448. The van der Waals surface area contributed by atoms with Gasteiger partial charge in [-0.25, -0.2) is 0 Å². The summed E-state index contributed by atoms with van der Waals surface area (Å²) in [6, 6.07) is 5.07. The predicted octanol–water partition coefficient (Wildman–Crippen LogP) is 4.54. The summed E-state index contributed by atoms with van der Waals surface area (Å²) in [5, 5.41) is 8.72. The largest absolute Gasteiger partial charge is 0.493 e. The highest BCUT2D eigenvalue weighted by Crippen LogP contribution is 2.34. The number of alkyl halides is 3. The van der Waals surface area contributed by atoms with Crippen molar-refractivity contribution in [3.63, 3.8) is 0 Å². The van der Waals surface area contributed by atoms with Crippen LogP contribution in [0.15, 0.2) is 18.2 Å². The lowest BCUT2D eigenvalue weighted by Gasteiger charge is -2.22. The average molecular weight is 283 g/mol. The topological polar surface area (TPSA) is 33.0 Å². The van der Waals surface area contributed by atoms with Gasteiger partial charge in [-0.15, -0.1) is 0 Å². The fourth-order valence-corrected chi connectivity index (χ4v) is 2.51. The molecule has 1 aliphatic carbocycles. The highest BCUT2D eigenvalue weighted by molar-refractivity contribution is 5.44. The molecule has 0 bridgehead atoms. The maximum absolute atomic E-state index is 12.8. The van der Waals surface area contributed by atoms with Gasteiger partial charge in [-0.05, 0) is 37.0 Å². The van der Waals surface area contributed by atoms with E-state index in [-0.39, 0.29) is 11.3 Å². The number of ether oxygens (including phenoxy) is 1. The highest BCUT2D eigenvalue weighted by Gasteiger charge is 2.34. The van der Waals surface area contributed by atoms with Crippen molar-refractivity contribution in [2.75, 3.05) is 6.61 Å². The number of nitriles is 1. The number of benzene rings is 1. The molecule has 0 amide bonds. The van der Waals surface area contributed by atoms with E-state index in [0.29, 0.717) is 12.5 Å². The van der Waals surface area contributed by atoms with Crippen LogP contribution in [0.3, 0.4) is 0 Å². The molecule has 108 valence electrons. The molecule has 2 nitrogen and oxygen atoms in total. The lowest BCUT2D eigenvalue weighted by molar-refractivity contribution is -0.137. The number of hydrogen-bond donors (Lipinski definition) is 0. The van der Waals surface area contributed by atoms with Crippen LogP contribution in [0.2, 0.25) is 0 Å². The Labute approximate surface area is 116 Å². The summed E-state index contributed by atoms with van der Waals surface area (Å²) in [7, 11) is 0. The number of nitrogens with zero attached hydrogens (tertiary/aromatic N) is 1. The first kappa shape index (κ1) is 14.7. The van der Waals surface area contributed by atoms with Gasteiger partial charge >= 0.3 is 6.18 Å². The van der Waals surface area contributed by atoms with Crippen LogP contribution in [-0.4, -0.2) is 6.61 Å². The minimum absolute atomic E-state index is 0.182. The number of rotatable bonds is 3. The smallest absolute Gasteiger partial charge is 0.417 e. The molecule has 5 heteroatoms. The minimum atomic E-state index is -4.53. The summed E-state index contributed by atoms with van der Waals surface area (Å²) < 4.78 is 43.9. The molecule has 1 aliphatic rings. The van der Waals surface area contributed by atoms with Crippen molar-refractivity contribution < 1.29 is 17.9 Å². The highest BCUT2D eigenvalue weighted by atomic mass is 19.4. The van der Waals surface area contributed by atoms with Crippen LogP contribution in [0.25, 0.3) is 0 Å². The zero-order chi connectivity index (χ0) is 14.6. The third kappa shape index (κ3) is 3.66. The Morgan fingerprint density at radius 3 is 2.50 bits per heavy atom. The van der Waals surface area contributed by atoms with Crippen LogP contribution < -0.4 is 4.74 Å². The van der Waals surface area contributed by atoms with E-state index in [1.165, 1.54) is 18.6 Å². The maximum atomic E-state index is 12.8. The number of hydrogen-bond acceptors (Lipinski definition) is 2. The van der Waals surface area contributed by atoms with Crippen molar-refractivity contribution in [1.29, 1.82) is 5.26 Å². The Kier molecular flexibility index (Phi) is 4.53. The van der Waals surface area contributed by atoms with Gasteiger partial charge in [0, 0.05) is 0 Å². The first-order valence-corrected chi connectivity index (χ1v) is 6.75. The normalized spacial score (nSPS) is 16.7. The fourth-order valence-electron chi connectivity index (χ4n) is 2.51. The Balaban J connectivity index is 2.07. The molecular weight excluding hydrogens is 267 g/mol. The van der Waals surface area contributed by atoms with Gasteiger partial charge in [-0.2, -0.15) is 18.4 Å². The van der Waals surface area contributed by atoms with E-state index >= 15 is 0 Å². The van der Waals surface area contributed by atoms with Crippen molar-refractivity contribution in [2.45, 2.75) is 38.3 Å². The summed E-state index contributed by atoms with van der Waals surface area (Å²) >= 11 is 0. The Hall–Kier alpha value is -1.70. The zero-order valence-corrected chi connectivity index (χ0v) is 11.0. The summed E-state index contributed by atoms with van der Waals surface area (Å²) in [5.41, 5.74) is -1.30. The molecule has 0 unspecified atom stereocenters. The van der Waals surface area contributed by atoms with Gasteiger partial charge in [-0.3, -0.25) is 0 Å². The standard InChI is InChI=1S/C15H16F3NO/c16-15(17,18)14-8-13(7-6-12(14)9-19)20-10-11-4-2-1-3-5-11/h6-8,11H,1-5,10H2. The van der Waals surface area contributed by atoms with E-state index < -0.39 is 11.7 Å². The fraction of sp³-hybridized carbons (Fsp3) is 0.533. The molecule has 0 radical (unpaired) electrons. The molecule has 0 atom stereocenters. The molecular formula is C15H16F3NO. The van der Waals surface area contributed by atoms with E-state index in [0.717, 1.165) is 31.7 Å². The van der Waals surface area contributed by atoms with Crippen LogP contribution in [0.5, 0.6) is 5.75 Å². The SMILES string of the molecule is N#Cc1ccc(OCC2CCCCC2)cc1C(F)(F)F. The van der Waals surface area contributed by atoms with Gasteiger partial charge in [-0.1, -0.05) is 19.3 Å². The lowest BCUT2D eigenvalue weighted by atomic mass is 9.90. The Morgan fingerprint density at radius 2 is 1.90 bits per heavy atom. The molecule has 1 aromatic carbocycles. The van der Waals surface area contributed by atoms with Crippen molar-refractivity contribution in [3.8, 4) is 11.8 Å². The van der Waals surface area contributed by atoms with Gasteiger partial charge in [0.1, 0.15) is 5.75 Å². The quantitative estimate of drug-likeness (QED) is 0.816. The zero-order valence-electron chi connectivity index (χ0n) is 11.0. The molecule has 0 aromatic heterocycles. The van der Waals surface area contributed by atoms with E-state index in [1.807, 2.05) is 0 Å². The Morgan fingerprint density at radius 1 is 1.20 bits per heavy atom. The van der Waals surface area contributed by atoms with E-state index in [2.05, 4.69) is 0 Å². The number of halogens is 3. The van der Waals surface area contributed by atoms with Crippen LogP contribution in [0.4, 0.5) is 13.2 Å². The van der Waals surface area contributed by atoms with Crippen LogP contribution >= 0.6 is 0 Å². The second-order valence-electron chi connectivity index (χ2n) is 5.13. The van der Waals surface area contributed by atoms with Crippen molar-refractivity contribution in [1.82, 2.24) is 0 Å². The molecule has 20 heavy (non-hydrogen) atoms. The van der Waals surface area contributed by atoms with E-state index in [1.54, 1.807) is 6.07 Å². The van der Waals surface area contributed by atoms with Gasteiger partial charge in [0.25, 0.3) is 0 Å². The summed E-state index contributed by atoms with van der Waals surface area (Å²) in [6.07, 6.45) is 1.16. The van der Waals surface area contributed by atoms with Gasteiger partial charge in [0.05, 0.1) is 23.8 Å². The molecule has 0 heterocycles. The van der Waals surface area contributed by atoms with Gasteiger partial charge in [0.2, 0.25) is 0 Å². The molecule has 1 aromatic rings. The minimum Gasteiger partial charge on any atom is -0.493 e. The second-order valence-corrected chi connectivity index (χ2v) is 5.13. The van der Waals surface area contributed by atoms with Crippen LogP contribution in [-0.2, 0) is 6.18 Å². The monoisotopic (exact) mass is 283 g/mol. The first-order valence-electron chi connectivity index (χ1n) is 6.75. The van der Waals surface area contributed by atoms with Crippen molar-refractivity contribution in [2.24, 2.45) is 5.92 Å². The van der Waals surface area contributed by atoms with Gasteiger partial charge < -0.3 is 4.74 Å². The van der Waals surface area contributed by atoms with Crippen molar-refractivity contribution >= 4 is 0 Å². The van der Waals surface area contributed by atoms with Crippen LogP contribution in [0, 0.1) is 17.2 Å². The molecule has 0 saturated heterocycles. The Bertz CT molecular complexity index is 499. The average Bonchev–Trinajstić information content (AvgIpc) is 2.45. The van der Waals surface area contributed by atoms with Gasteiger partial charge in [0.15, 0.2) is 0 Å². The molecule has 1 fully saturated rings. The van der Waals surface area contributed by atoms with E-state index in [9.17, 15) is 13.2 Å². The summed E-state index contributed by atoms with van der Waals surface area (Å²) in [5.74, 6) is 0.607. The molecule has 1 saturated carbocycles. The molecule has 2 rings (SSSR count). The lowest BCUT2D eigenvalue weighted by Crippen LogP contribution is -2.15. The molecule has 0 spiro atoms. The first-order chi connectivity index (χ1) is 9.50. The third-order valence-corrected chi connectivity index (χ3v) is 3.63. The molecule has 0 aliphatic heterocycles. The second kappa shape index (κ2) is 6.17.